The maximum Gasteiger partial charge on any atom is 0.254 e. The van der Waals surface area contributed by atoms with E-state index in [1.165, 1.54) is 18.3 Å². The highest BCUT2D eigenvalue weighted by molar-refractivity contribution is 7.15. The van der Waals surface area contributed by atoms with Crippen LogP contribution in [0.5, 0.6) is 11.5 Å². The average molecular weight is 393 g/mol. The smallest absolute Gasteiger partial charge is 0.254 e. The average Bonchev–Trinajstić information content (AvgIpc) is 3.09. The van der Waals surface area contributed by atoms with Crippen LogP contribution in [0.2, 0.25) is 0 Å². The normalized spacial score (nSPS) is 13.0. The second-order valence-corrected chi connectivity index (χ2v) is 7.57. The van der Waals surface area contributed by atoms with E-state index < -0.39 is 0 Å². The molecular weight excluding hydrogens is 374 g/mol. The topological polar surface area (TPSA) is 71.5 Å². The predicted molar refractivity (Wildman–Crippen MR) is 108 cm³/mol. The molecule has 0 saturated heterocycles. The Hall–Kier alpha value is -3.19. The molecule has 0 radical (unpaired) electrons. The third kappa shape index (κ3) is 4.04. The molecule has 1 N–H and O–H groups in total. The maximum absolute atomic E-state index is 12.9. The van der Waals surface area contributed by atoms with Crippen molar-refractivity contribution in [1.82, 2.24) is 9.88 Å². The van der Waals surface area contributed by atoms with E-state index in [1.54, 1.807) is 24.3 Å². The number of aromatic nitrogens is 1. The van der Waals surface area contributed by atoms with Crippen LogP contribution in [-0.4, -0.2) is 28.2 Å². The van der Waals surface area contributed by atoms with Crippen LogP contribution >= 0.6 is 11.3 Å². The standard InChI is InChI=1S/C21H19N3O3S/c1-14(25)22-21-23-18-11-12-24(13-19(18)28-21)20(26)15-7-9-17(10-8-15)27-16-5-3-2-4-6-16/h2-10H,11-13H2,1H3,(H,22,23,25). The zero-order chi connectivity index (χ0) is 19.5. The predicted octanol–water partition coefficient (Wildman–Crippen LogP) is 4.09. The molecule has 28 heavy (non-hydrogen) atoms. The van der Waals surface area contributed by atoms with E-state index in [0.29, 0.717) is 36.0 Å². The number of amides is 2. The molecule has 0 atom stereocenters. The lowest BCUT2D eigenvalue weighted by Gasteiger charge is -2.26. The summed E-state index contributed by atoms with van der Waals surface area (Å²) in [5.74, 6) is 1.28. The number of para-hydroxylation sites is 1. The number of carbonyl (C=O) groups excluding carboxylic acids is 2. The number of fused-ring (bicyclic) bond motifs is 1. The molecule has 2 heterocycles. The second-order valence-electron chi connectivity index (χ2n) is 6.49. The number of nitrogens with one attached hydrogen (secondary N) is 1. The lowest BCUT2D eigenvalue weighted by atomic mass is 10.1. The summed E-state index contributed by atoms with van der Waals surface area (Å²) in [5, 5.41) is 3.31. The van der Waals surface area contributed by atoms with Gasteiger partial charge < -0.3 is 15.0 Å². The molecule has 0 saturated carbocycles. The van der Waals surface area contributed by atoms with Gasteiger partial charge in [-0.2, -0.15) is 0 Å². The first-order valence-corrected chi connectivity index (χ1v) is 9.78. The fourth-order valence-corrected chi connectivity index (χ4v) is 4.12. The van der Waals surface area contributed by atoms with Crippen molar-refractivity contribution in [3.05, 3.63) is 70.7 Å². The molecule has 1 aliphatic heterocycles. The summed E-state index contributed by atoms with van der Waals surface area (Å²) in [6.07, 6.45) is 0.687. The van der Waals surface area contributed by atoms with Crippen LogP contribution in [-0.2, 0) is 17.8 Å². The van der Waals surface area contributed by atoms with Crippen LogP contribution in [0.25, 0.3) is 0 Å². The Morgan fingerprint density at radius 3 is 2.50 bits per heavy atom. The number of hydrogen-bond donors (Lipinski definition) is 1. The highest BCUT2D eigenvalue weighted by Crippen LogP contribution is 2.29. The monoisotopic (exact) mass is 393 g/mol. The molecule has 142 valence electrons. The molecule has 6 nitrogen and oxygen atoms in total. The van der Waals surface area contributed by atoms with Gasteiger partial charge >= 0.3 is 0 Å². The molecular formula is C21H19N3O3S. The molecule has 0 fully saturated rings. The Kier molecular flexibility index (Phi) is 5.08. The molecule has 4 rings (SSSR count). The summed E-state index contributed by atoms with van der Waals surface area (Å²) >= 11 is 1.43. The van der Waals surface area contributed by atoms with Crippen molar-refractivity contribution < 1.29 is 14.3 Å². The van der Waals surface area contributed by atoms with Crippen LogP contribution in [0.4, 0.5) is 5.13 Å². The van der Waals surface area contributed by atoms with Gasteiger partial charge in [0.2, 0.25) is 5.91 Å². The fraction of sp³-hybridized carbons (Fsp3) is 0.190. The van der Waals surface area contributed by atoms with E-state index in [2.05, 4.69) is 10.3 Å². The summed E-state index contributed by atoms with van der Waals surface area (Å²) in [6.45, 7) is 2.58. The number of thiazole rings is 1. The molecule has 0 unspecified atom stereocenters. The van der Waals surface area contributed by atoms with Gasteiger partial charge in [-0.25, -0.2) is 4.98 Å². The van der Waals surface area contributed by atoms with E-state index in [9.17, 15) is 9.59 Å². The Morgan fingerprint density at radius 1 is 1.07 bits per heavy atom. The van der Waals surface area contributed by atoms with E-state index in [4.69, 9.17) is 4.74 Å². The minimum absolute atomic E-state index is 0.0219. The molecule has 1 aliphatic rings. The van der Waals surface area contributed by atoms with Gasteiger partial charge in [0.05, 0.1) is 12.2 Å². The van der Waals surface area contributed by atoms with E-state index >= 15 is 0 Å². The lowest BCUT2D eigenvalue weighted by Crippen LogP contribution is -2.35. The second kappa shape index (κ2) is 7.82. The molecule has 0 spiro atoms. The Morgan fingerprint density at radius 2 is 1.79 bits per heavy atom. The zero-order valence-electron chi connectivity index (χ0n) is 15.3. The summed E-state index contributed by atoms with van der Waals surface area (Å²) in [4.78, 5) is 31.3. The summed E-state index contributed by atoms with van der Waals surface area (Å²) in [7, 11) is 0. The van der Waals surface area contributed by atoms with Crippen molar-refractivity contribution in [1.29, 1.82) is 0 Å². The third-order valence-corrected chi connectivity index (χ3v) is 5.38. The fourth-order valence-electron chi connectivity index (χ4n) is 3.05. The van der Waals surface area contributed by atoms with Gasteiger partial charge in [0.15, 0.2) is 5.13 Å². The Bertz CT molecular complexity index is 999. The van der Waals surface area contributed by atoms with Crippen molar-refractivity contribution in [2.45, 2.75) is 19.9 Å². The maximum atomic E-state index is 12.9. The van der Waals surface area contributed by atoms with Crippen molar-refractivity contribution in [2.75, 3.05) is 11.9 Å². The van der Waals surface area contributed by atoms with Crippen molar-refractivity contribution >= 4 is 28.3 Å². The number of anilines is 1. The first kappa shape index (κ1) is 18.2. The van der Waals surface area contributed by atoms with Gasteiger partial charge in [-0.3, -0.25) is 9.59 Å². The number of ether oxygens (including phenoxy) is 1. The van der Waals surface area contributed by atoms with Gasteiger partial charge in [-0.15, -0.1) is 0 Å². The molecule has 1 aromatic heterocycles. The molecule has 0 aliphatic carbocycles. The zero-order valence-corrected chi connectivity index (χ0v) is 16.2. The van der Waals surface area contributed by atoms with Gasteiger partial charge in [0.1, 0.15) is 11.5 Å². The third-order valence-electron chi connectivity index (χ3n) is 4.38. The van der Waals surface area contributed by atoms with Gasteiger partial charge in [-0.05, 0) is 36.4 Å². The number of benzene rings is 2. The largest absolute Gasteiger partial charge is 0.457 e. The van der Waals surface area contributed by atoms with Crippen LogP contribution in [0.1, 0.15) is 27.9 Å². The first-order valence-electron chi connectivity index (χ1n) is 8.97. The van der Waals surface area contributed by atoms with Crippen molar-refractivity contribution in [3.63, 3.8) is 0 Å². The Labute approximate surface area is 166 Å². The number of carbonyl (C=O) groups is 2. The van der Waals surface area contributed by atoms with Crippen molar-refractivity contribution in [3.8, 4) is 11.5 Å². The van der Waals surface area contributed by atoms with Gasteiger partial charge in [0.25, 0.3) is 5.91 Å². The molecule has 0 bridgehead atoms. The first-order chi connectivity index (χ1) is 13.6. The van der Waals surface area contributed by atoms with Crippen LogP contribution in [0.15, 0.2) is 54.6 Å². The van der Waals surface area contributed by atoms with Crippen LogP contribution in [0.3, 0.4) is 0 Å². The summed E-state index contributed by atoms with van der Waals surface area (Å²) in [6, 6.07) is 16.7. The highest BCUT2D eigenvalue weighted by atomic mass is 32.1. The lowest BCUT2D eigenvalue weighted by molar-refractivity contribution is -0.114. The molecule has 2 aromatic carbocycles. The number of hydrogen-bond acceptors (Lipinski definition) is 5. The Balaban J connectivity index is 1.43. The van der Waals surface area contributed by atoms with E-state index in [0.717, 1.165) is 16.3 Å². The summed E-state index contributed by atoms with van der Waals surface area (Å²) < 4.78 is 5.77. The van der Waals surface area contributed by atoms with Crippen molar-refractivity contribution in [2.24, 2.45) is 0 Å². The summed E-state index contributed by atoms with van der Waals surface area (Å²) in [5.41, 5.74) is 1.58. The molecule has 2 amide bonds. The minimum atomic E-state index is -0.142. The van der Waals surface area contributed by atoms with Crippen LogP contribution in [0, 0.1) is 0 Å². The number of rotatable bonds is 4. The SMILES string of the molecule is CC(=O)Nc1nc2c(s1)CN(C(=O)c1ccc(Oc3ccccc3)cc1)CC2. The van der Waals surface area contributed by atoms with E-state index in [1.807, 2.05) is 35.2 Å². The quantitative estimate of drug-likeness (QED) is 0.725. The number of nitrogens with zero attached hydrogens (tertiary/aromatic N) is 2. The van der Waals surface area contributed by atoms with Gasteiger partial charge in [-0.1, -0.05) is 29.5 Å². The van der Waals surface area contributed by atoms with Gasteiger partial charge in [0, 0.05) is 30.3 Å². The highest BCUT2D eigenvalue weighted by Gasteiger charge is 2.25. The van der Waals surface area contributed by atoms with Crippen LogP contribution < -0.4 is 10.1 Å². The van der Waals surface area contributed by atoms with E-state index in [-0.39, 0.29) is 11.8 Å². The minimum Gasteiger partial charge on any atom is -0.457 e. The molecule has 7 heteroatoms. The molecule has 3 aromatic rings.